The van der Waals surface area contributed by atoms with E-state index >= 15 is 0 Å². The average molecular weight is 201 g/mol. The van der Waals surface area contributed by atoms with Crippen LogP contribution in [-0.2, 0) is 0 Å². The number of hydrogen-bond acceptors (Lipinski definition) is 1. The lowest BCUT2D eigenvalue weighted by Gasteiger charge is -2.45. The number of rotatable bonds is 3. The molecule has 0 saturated heterocycles. The molecule has 84 valence electrons. The van der Waals surface area contributed by atoms with Crippen LogP contribution < -0.4 is 0 Å². The van der Waals surface area contributed by atoms with Crippen LogP contribution in [0.5, 0.6) is 0 Å². The molecule has 1 nitrogen and oxygen atoms in total. The van der Waals surface area contributed by atoms with E-state index in [2.05, 4.69) is 32.8 Å². The molecule has 0 aromatic heterocycles. The summed E-state index contributed by atoms with van der Waals surface area (Å²) in [6.07, 6.45) is 4.28. The van der Waals surface area contributed by atoms with Gasteiger partial charge in [0.25, 0.3) is 0 Å². The first-order valence-electron chi connectivity index (χ1n) is 5.82. The van der Waals surface area contributed by atoms with Crippen LogP contribution in [0.25, 0.3) is 0 Å². The van der Waals surface area contributed by atoms with Gasteiger partial charge in [0.2, 0.25) is 0 Å². The number of nitrogens with zero attached hydrogens (tertiary/aromatic N) is 1. The monoisotopic (exact) mass is 201 g/mol. The van der Waals surface area contributed by atoms with Gasteiger partial charge in [-0.2, -0.15) is 0 Å². The van der Waals surface area contributed by atoms with Crippen LogP contribution in [0.2, 0.25) is 0 Å². The van der Waals surface area contributed by atoms with Crippen molar-refractivity contribution >= 4 is 0 Å². The first-order valence-corrected chi connectivity index (χ1v) is 5.82. The molecule has 1 aliphatic rings. The standard InChI is InChI=1S/C12H24FN/c1-5-12(2,14(3)4)10-6-8-11(13)9-7-10/h10-11H,5-9H2,1-4H3. The molecule has 1 fully saturated rings. The summed E-state index contributed by atoms with van der Waals surface area (Å²) in [6.45, 7) is 4.55. The number of alkyl halides is 1. The van der Waals surface area contributed by atoms with Crippen molar-refractivity contribution in [1.82, 2.24) is 4.90 Å². The van der Waals surface area contributed by atoms with Crippen molar-refractivity contribution in [3.05, 3.63) is 0 Å². The zero-order valence-corrected chi connectivity index (χ0v) is 10.0. The van der Waals surface area contributed by atoms with Crippen LogP contribution in [0.1, 0.15) is 46.0 Å². The summed E-state index contributed by atoms with van der Waals surface area (Å²) in [6, 6.07) is 0. The number of halogens is 1. The maximum absolute atomic E-state index is 13.0. The van der Waals surface area contributed by atoms with E-state index < -0.39 is 6.17 Å². The first kappa shape index (κ1) is 12.0. The highest BCUT2D eigenvalue weighted by atomic mass is 19.1. The Morgan fingerprint density at radius 1 is 1.21 bits per heavy atom. The third-order valence-electron chi connectivity index (χ3n) is 4.27. The van der Waals surface area contributed by atoms with Gasteiger partial charge < -0.3 is 4.90 Å². The van der Waals surface area contributed by atoms with Crippen molar-refractivity contribution in [1.29, 1.82) is 0 Å². The smallest absolute Gasteiger partial charge is 0.100 e. The average Bonchev–Trinajstić information content (AvgIpc) is 2.17. The Labute approximate surface area is 87.7 Å². The quantitative estimate of drug-likeness (QED) is 0.677. The molecular weight excluding hydrogens is 177 g/mol. The van der Waals surface area contributed by atoms with E-state index in [4.69, 9.17) is 0 Å². The molecule has 1 aliphatic carbocycles. The number of hydrogen-bond donors (Lipinski definition) is 0. The molecule has 0 radical (unpaired) electrons. The predicted octanol–water partition coefficient (Wildman–Crippen LogP) is 3.25. The van der Waals surface area contributed by atoms with Crippen LogP contribution in [-0.4, -0.2) is 30.7 Å². The summed E-state index contributed by atoms with van der Waals surface area (Å²) in [5, 5.41) is 0. The van der Waals surface area contributed by atoms with Crippen LogP contribution in [0, 0.1) is 5.92 Å². The largest absolute Gasteiger partial charge is 0.304 e. The lowest BCUT2D eigenvalue weighted by atomic mass is 9.73. The second-order valence-electron chi connectivity index (χ2n) is 5.05. The van der Waals surface area contributed by atoms with Gasteiger partial charge >= 0.3 is 0 Å². The Balaban J connectivity index is 2.61. The molecule has 0 aliphatic heterocycles. The van der Waals surface area contributed by atoms with Crippen molar-refractivity contribution in [2.24, 2.45) is 5.92 Å². The second-order valence-corrected chi connectivity index (χ2v) is 5.05. The molecule has 0 spiro atoms. The highest BCUT2D eigenvalue weighted by Gasteiger charge is 2.36. The van der Waals surface area contributed by atoms with Crippen molar-refractivity contribution in [2.75, 3.05) is 14.1 Å². The van der Waals surface area contributed by atoms with Crippen molar-refractivity contribution in [2.45, 2.75) is 57.7 Å². The van der Waals surface area contributed by atoms with Crippen LogP contribution in [0.15, 0.2) is 0 Å². The molecule has 2 heteroatoms. The van der Waals surface area contributed by atoms with Gasteiger partial charge in [-0.15, -0.1) is 0 Å². The van der Waals surface area contributed by atoms with E-state index in [9.17, 15) is 4.39 Å². The molecule has 0 aromatic carbocycles. The van der Waals surface area contributed by atoms with E-state index in [1.807, 2.05) is 0 Å². The van der Waals surface area contributed by atoms with E-state index in [-0.39, 0.29) is 5.54 Å². The molecule has 1 atom stereocenters. The van der Waals surface area contributed by atoms with Gasteiger partial charge in [0, 0.05) is 5.54 Å². The lowest BCUT2D eigenvalue weighted by molar-refractivity contribution is 0.0502. The van der Waals surface area contributed by atoms with Gasteiger partial charge in [0.15, 0.2) is 0 Å². The van der Waals surface area contributed by atoms with E-state index in [1.54, 1.807) is 0 Å². The van der Waals surface area contributed by atoms with Crippen molar-refractivity contribution < 1.29 is 4.39 Å². The Hall–Kier alpha value is -0.110. The molecule has 1 unspecified atom stereocenters. The topological polar surface area (TPSA) is 3.24 Å². The van der Waals surface area contributed by atoms with Crippen molar-refractivity contribution in [3.63, 3.8) is 0 Å². The fraction of sp³-hybridized carbons (Fsp3) is 1.00. The minimum absolute atomic E-state index is 0.264. The third kappa shape index (κ3) is 2.28. The molecule has 0 bridgehead atoms. The first-order chi connectivity index (χ1) is 6.50. The molecule has 0 heterocycles. The van der Waals surface area contributed by atoms with E-state index in [1.165, 1.54) is 0 Å². The second kappa shape index (κ2) is 4.61. The zero-order chi connectivity index (χ0) is 10.8. The normalized spacial score (nSPS) is 33.0. The minimum atomic E-state index is -0.533. The summed E-state index contributed by atoms with van der Waals surface area (Å²) in [4.78, 5) is 2.32. The van der Waals surface area contributed by atoms with E-state index in [0.717, 1.165) is 32.1 Å². The SMILES string of the molecule is CCC(C)(C1CCC(F)CC1)N(C)C. The van der Waals surface area contributed by atoms with Gasteiger partial charge in [0.1, 0.15) is 6.17 Å². The molecule has 0 amide bonds. The Morgan fingerprint density at radius 3 is 2.07 bits per heavy atom. The Morgan fingerprint density at radius 2 is 1.71 bits per heavy atom. The highest BCUT2D eigenvalue weighted by molar-refractivity contribution is 4.91. The molecular formula is C12H24FN. The maximum atomic E-state index is 13.0. The van der Waals surface area contributed by atoms with Gasteiger partial charge in [-0.05, 0) is 59.0 Å². The summed E-state index contributed by atoms with van der Waals surface area (Å²) in [5.41, 5.74) is 0.264. The summed E-state index contributed by atoms with van der Waals surface area (Å²) in [7, 11) is 4.29. The fourth-order valence-corrected chi connectivity index (χ4v) is 2.64. The summed E-state index contributed by atoms with van der Waals surface area (Å²) < 4.78 is 13.0. The van der Waals surface area contributed by atoms with Crippen LogP contribution in [0.3, 0.4) is 0 Å². The Kier molecular flexibility index (Phi) is 3.94. The van der Waals surface area contributed by atoms with Crippen molar-refractivity contribution in [3.8, 4) is 0 Å². The lowest BCUT2D eigenvalue weighted by Crippen LogP contribution is -2.48. The molecule has 1 rings (SSSR count). The molecule has 0 aromatic rings. The van der Waals surface area contributed by atoms with Gasteiger partial charge in [-0.3, -0.25) is 0 Å². The minimum Gasteiger partial charge on any atom is -0.304 e. The zero-order valence-electron chi connectivity index (χ0n) is 10.0. The van der Waals surface area contributed by atoms with Crippen LogP contribution in [0.4, 0.5) is 4.39 Å². The summed E-state index contributed by atoms with van der Waals surface area (Å²) in [5.74, 6) is 0.675. The maximum Gasteiger partial charge on any atom is 0.100 e. The van der Waals surface area contributed by atoms with Gasteiger partial charge in [-0.25, -0.2) is 4.39 Å². The third-order valence-corrected chi connectivity index (χ3v) is 4.27. The van der Waals surface area contributed by atoms with Gasteiger partial charge in [0.05, 0.1) is 0 Å². The van der Waals surface area contributed by atoms with Crippen LogP contribution >= 0.6 is 0 Å². The highest BCUT2D eigenvalue weighted by Crippen LogP contribution is 2.38. The molecule has 1 saturated carbocycles. The van der Waals surface area contributed by atoms with E-state index in [0.29, 0.717) is 5.92 Å². The fourth-order valence-electron chi connectivity index (χ4n) is 2.64. The molecule has 14 heavy (non-hydrogen) atoms. The Bertz CT molecular complexity index is 173. The van der Waals surface area contributed by atoms with Gasteiger partial charge in [-0.1, -0.05) is 6.92 Å². The predicted molar refractivity (Wildman–Crippen MR) is 59.2 cm³/mol. The summed E-state index contributed by atoms with van der Waals surface area (Å²) >= 11 is 0. The molecule has 0 N–H and O–H groups in total.